The number of ketones is 1. The van der Waals surface area contributed by atoms with E-state index in [1.54, 1.807) is 12.1 Å². The summed E-state index contributed by atoms with van der Waals surface area (Å²) in [5.74, 6) is -0.496. The van der Waals surface area contributed by atoms with E-state index < -0.39 is 5.91 Å². The fourth-order valence-electron chi connectivity index (χ4n) is 1.06. The maximum absolute atomic E-state index is 11.2. The number of Topliss-reactive ketones (excluding diaryl/α,β-unsaturated/α-hetero) is 1. The molecule has 0 fully saturated rings. The second kappa shape index (κ2) is 4.79. The van der Waals surface area contributed by atoms with Crippen molar-refractivity contribution < 1.29 is 14.3 Å². The Labute approximate surface area is 92.0 Å². The van der Waals surface area contributed by atoms with E-state index in [2.05, 4.69) is 0 Å². The number of nitrogens with two attached hydrogens (primary N) is 1. The standard InChI is InChI=1S/C10H10ClNO3/c1-6(13)8-3-2-7(11)4-9(8)15-5-10(12)14/h2-4H,5H2,1H3,(H2,12,14). The molecule has 0 aliphatic heterocycles. The van der Waals surface area contributed by atoms with Gasteiger partial charge in [0.05, 0.1) is 5.56 Å². The van der Waals surface area contributed by atoms with E-state index >= 15 is 0 Å². The second-order valence-electron chi connectivity index (χ2n) is 2.95. The van der Waals surface area contributed by atoms with Crippen LogP contribution in [0.5, 0.6) is 5.75 Å². The molecule has 0 unspecified atom stereocenters. The number of hydrogen-bond donors (Lipinski definition) is 1. The summed E-state index contributed by atoms with van der Waals surface area (Å²) >= 11 is 5.73. The van der Waals surface area contributed by atoms with E-state index in [9.17, 15) is 9.59 Å². The molecule has 15 heavy (non-hydrogen) atoms. The van der Waals surface area contributed by atoms with Gasteiger partial charge in [0.15, 0.2) is 12.4 Å². The van der Waals surface area contributed by atoms with Crippen molar-refractivity contribution in [3.63, 3.8) is 0 Å². The van der Waals surface area contributed by atoms with Gasteiger partial charge in [0, 0.05) is 5.02 Å². The maximum Gasteiger partial charge on any atom is 0.255 e. The van der Waals surface area contributed by atoms with Crippen LogP contribution in [0, 0.1) is 0 Å². The van der Waals surface area contributed by atoms with E-state index in [4.69, 9.17) is 22.1 Å². The van der Waals surface area contributed by atoms with Crippen LogP contribution in [-0.4, -0.2) is 18.3 Å². The zero-order valence-corrected chi connectivity index (χ0v) is 8.88. The monoisotopic (exact) mass is 227 g/mol. The van der Waals surface area contributed by atoms with Crippen LogP contribution >= 0.6 is 11.6 Å². The minimum Gasteiger partial charge on any atom is -0.483 e. The summed E-state index contributed by atoms with van der Waals surface area (Å²) in [5.41, 5.74) is 5.30. The Morgan fingerprint density at radius 2 is 2.13 bits per heavy atom. The quantitative estimate of drug-likeness (QED) is 0.791. The van der Waals surface area contributed by atoms with Crippen molar-refractivity contribution in [3.05, 3.63) is 28.8 Å². The molecule has 1 rings (SSSR count). The molecule has 0 heterocycles. The van der Waals surface area contributed by atoms with Gasteiger partial charge in [-0.25, -0.2) is 0 Å². The Morgan fingerprint density at radius 3 is 2.67 bits per heavy atom. The highest BCUT2D eigenvalue weighted by molar-refractivity contribution is 6.30. The van der Waals surface area contributed by atoms with Crippen molar-refractivity contribution in [1.29, 1.82) is 0 Å². The molecule has 2 N–H and O–H groups in total. The summed E-state index contributed by atoms with van der Waals surface area (Å²) < 4.78 is 5.06. The lowest BCUT2D eigenvalue weighted by Gasteiger charge is -2.08. The van der Waals surface area contributed by atoms with Crippen LogP contribution in [0.15, 0.2) is 18.2 Å². The minimum absolute atomic E-state index is 0.161. The number of ether oxygens (including phenoxy) is 1. The van der Waals surface area contributed by atoms with E-state index in [1.165, 1.54) is 13.0 Å². The molecule has 0 spiro atoms. The molecular formula is C10H10ClNO3. The van der Waals surface area contributed by atoms with Crippen molar-refractivity contribution in [1.82, 2.24) is 0 Å². The van der Waals surface area contributed by atoms with E-state index in [0.29, 0.717) is 10.6 Å². The SMILES string of the molecule is CC(=O)c1ccc(Cl)cc1OCC(N)=O. The normalized spacial score (nSPS) is 9.73. The highest BCUT2D eigenvalue weighted by Crippen LogP contribution is 2.23. The summed E-state index contributed by atoms with van der Waals surface area (Å²) in [6.07, 6.45) is 0. The van der Waals surface area contributed by atoms with Crippen LogP contribution in [0.1, 0.15) is 17.3 Å². The van der Waals surface area contributed by atoms with E-state index in [-0.39, 0.29) is 18.1 Å². The van der Waals surface area contributed by atoms with E-state index in [0.717, 1.165) is 0 Å². The first-order valence-electron chi connectivity index (χ1n) is 4.22. The van der Waals surface area contributed by atoms with Crippen LogP contribution in [0.4, 0.5) is 0 Å². The van der Waals surface area contributed by atoms with E-state index in [1.807, 2.05) is 0 Å². The van der Waals surface area contributed by atoms with Crippen LogP contribution in [0.2, 0.25) is 5.02 Å². The number of benzene rings is 1. The van der Waals surface area contributed by atoms with Crippen LogP contribution < -0.4 is 10.5 Å². The molecular weight excluding hydrogens is 218 g/mol. The molecule has 5 heteroatoms. The number of halogens is 1. The van der Waals surface area contributed by atoms with Gasteiger partial charge >= 0.3 is 0 Å². The highest BCUT2D eigenvalue weighted by Gasteiger charge is 2.09. The molecule has 0 bridgehead atoms. The number of primary amides is 1. The average Bonchev–Trinajstić information content (AvgIpc) is 2.14. The smallest absolute Gasteiger partial charge is 0.255 e. The molecule has 0 aliphatic carbocycles. The van der Waals surface area contributed by atoms with Gasteiger partial charge in [0.1, 0.15) is 5.75 Å². The topological polar surface area (TPSA) is 69.4 Å². The van der Waals surface area contributed by atoms with Crippen LogP contribution in [0.3, 0.4) is 0 Å². The third-order valence-electron chi connectivity index (χ3n) is 1.69. The van der Waals surface area contributed by atoms with Crippen LogP contribution in [0.25, 0.3) is 0 Å². The van der Waals surface area contributed by atoms with Crippen molar-refractivity contribution in [2.75, 3.05) is 6.61 Å². The van der Waals surface area contributed by atoms with Crippen molar-refractivity contribution >= 4 is 23.3 Å². The van der Waals surface area contributed by atoms with Gasteiger partial charge in [0.25, 0.3) is 5.91 Å². The first-order chi connectivity index (χ1) is 7.00. The molecule has 0 radical (unpaired) electrons. The predicted octanol–water partition coefficient (Wildman–Crippen LogP) is 1.41. The molecule has 0 aromatic heterocycles. The summed E-state index contributed by atoms with van der Waals surface area (Å²) in [7, 11) is 0. The second-order valence-corrected chi connectivity index (χ2v) is 3.39. The first-order valence-corrected chi connectivity index (χ1v) is 4.60. The molecule has 0 aliphatic rings. The Morgan fingerprint density at radius 1 is 1.47 bits per heavy atom. The molecule has 4 nitrogen and oxygen atoms in total. The summed E-state index contributed by atoms with van der Waals surface area (Å²) in [5, 5.41) is 0.430. The Hall–Kier alpha value is -1.55. The molecule has 0 saturated carbocycles. The van der Waals surface area contributed by atoms with Crippen molar-refractivity contribution in [2.45, 2.75) is 6.92 Å². The fraction of sp³-hybridized carbons (Fsp3) is 0.200. The number of rotatable bonds is 4. The number of carbonyl (C=O) groups is 2. The Balaban J connectivity index is 2.96. The van der Waals surface area contributed by atoms with Gasteiger partial charge in [0.2, 0.25) is 0 Å². The highest BCUT2D eigenvalue weighted by atomic mass is 35.5. The van der Waals surface area contributed by atoms with Crippen LogP contribution in [-0.2, 0) is 4.79 Å². The average molecular weight is 228 g/mol. The fourth-order valence-corrected chi connectivity index (χ4v) is 1.22. The molecule has 0 atom stereocenters. The molecule has 80 valence electrons. The lowest BCUT2D eigenvalue weighted by atomic mass is 10.1. The maximum atomic E-state index is 11.2. The summed E-state index contributed by atoms with van der Waals surface area (Å²) in [4.78, 5) is 21.7. The predicted molar refractivity (Wildman–Crippen MR) is 56.1 cm³/mol. The number of hydrogen-bond acceptors (Lipinski definition) is 3. The van der Waals surface area contributed by atoms with Gasteiger partial charge < -0.3 is 10.5 Å². The van der Waals surface area contributed by atoms with Gasteiger partial charge in [-0.3, -0.25) is 9.59 Å². The third kappa shape index (κ3) is 3.25. The van der Waals surface area contributed by atoms with Crippen molar-refractivity contribution in [2.24, 2.45) is 5.73 Å². The van der Waals surface area contributed by atoms with Gasteiger partial charge in [-0.15, -0.1) is 0 Å². The lowest BCUT2D eigenvalue weighted by molar-refractivity contribution is -0.119. The lowest BCUT2D eigenvalue weighted by Crippen LogP contribution is -2.20. The molecule has 1 aromatic carbocycles. The van der Waals surface area contributed by atoms with Gasteiger partial charge in [-0.1, -0.05) is 11.6 Å². The molecule has 0 saturated heterocycles. The molecule has 1 amide bonds. The first kappa shape index (κ1) is 11.5. The molecule has 1 aromatic rings. The zero-order valence-electron chi connectivity index (χ0n) is 8.12. The van der Waals surface area contributed by atoms with Gasteiger partial charge in [-0.2, -0.15) is 0 Å². The zero-order chi connectivity index (χ0) is 11.4. The number of amides is 1. The summed E-state index contributed by atoms with van der Waals surface area (Å²) in [6.45, 7) is 1.13. The Kier molecular flexibility index (Phi) is 3.68. The largest absolute Gasteiger partial charge is 0.483 e. The number of carbonyl (C=O) groups excluding carboxylic acids is 2. The Bertz CT molecular complexity index is 404. The summed E-state index contributed by atoms with van der Waals surface area (Å²) in [6, 6.07) is 4.59. The minimum atomic E-state index is -0.607. The third-order valence-corrected chi connectivity index (χ3v) is 1.93. The van der Waals surface area contributed by atoms with Crippen molar-refractivity contribution in [3.8, 4) is 5.75 Å². The van der Waals surface area contributed by atoms with Gasteiger partial charge in [-0.05, 0) is 25.1 Å².